The van der Waals surface area contributed by atoms with Crippen molar-refractivity contribution in [2.75, 3.05) is 12.0 Å². The van der Waals surface area contributed by atoms with Gasteiger partial charge in [0.25, 0.3) is 5.91 Å². The number of hydrogen-bond acceptors (Lipinski definition) is 4. The Morgan fingerprint density at radius 3 is 2.86 bits per heavy atom. The van der Waals surface area contributed by atoms with Crippen LogP contribution in [0.2, 0.25) is 5.02 Å². The molecule has 1 aliphatic heterocycles. The summed E-state index contributed by atoms with van der Waals surface area (Å²) in [6.07, 6.45) is 7.13. The summed E-state index contributed by atoms with van der Waals surface area (Å²) < 4.78 is 0. The van der Waals surface area contributed by atoms with Crippen LogP contribution in [0.3, 0.4) is 0 Å². The van der Waals surface area contributed by atoms with Gasteiger partial charge in [-0.1, -0.05) is 24.4 Å². The van der Waals surface area contributed by atoms with Crippen molar-refractivity contribution >= 4 is 23.3 Å². The van der Waals surface area contributed by atoms with Crippen molar-refractivity contribution in [1.82, 2.24) is 9.88 Å². The van der Waals surface area contributed by atoms with E-state index in [2.05, 4.69) is 10.4 Å². The number of hydrogen-bond donors (Lipinski definition) is 2. The molecule has 0 spiro atoms. The van der Waals surface area contributed by atoms with E-state index >= 15 is 0 Å². The number of nitrogens with zero attached hydrogens (tertiary/aromatic N) is 2. The topological polar surface area (TPSA) is 71.2 Å². The molecule has 2 atom stereocenters. The number of rotatable bonds is 2. The number of likely N-dealkylation sites (tertiary alicyclic amines) is 1. The third-order valence-corrected chi connectivity index (χ3v) is 5.01. The van der Waals surface area contributed by atoms with Gasteiger partial charge in [-0.05, 0) is 43.7 Å². The zero-order valence-corrected chi connectivity index (χ0v) is 12.8. The number of fused-ring (bicyclic) bond motifs is 1. The van der Waals surface area contributed by atoms with Crippen molar-refractivity contribution in [3.8, 4) is 0 Å². The maximum atomic E-state index is 12.9. The van der Waals surface area contributed by atoms with Crippen molar-refractivity contribution in [1.29, 1.82) is 0 Å². The predicted molar refractivity (Wildman–Crippen MR) is 83.1 cm³/mol. The Hall–Kier alpha value is -1.33. The molecule has 0 bridgehead atoms. The zero-order chi connectivity index (χ0) is 14.8. The molecule has 1 aliphatic carbocycles. The number of pyridine rings is 1. The van der Waals surface area contributed by atoms with E-state index in [9.17, 15) is 4.79 Å². The highest BCUT2D eigenvalue weighted by Crippen LogP contribution is 2.36. The van der Waals surface area contributed by atoms with Crippen LogP contribution in [-0.4, -0.2) is 28.4 Å². The average molecular weight is 309 g/mol. The first-order valence-electron chi connectivity index (χ1n) is 7.65. The van der Waals surface area contributed by atoms with Gasteiger partial charge < -0.3 is 10.3 Å². The fraction of sp³-hybridized carbons (Fsp3) is 0.600. The molecule has 2 aliphatic rings. The van der Waals surface area contributed by atoms with Crippen molar-refractivity contribution in [3.63, 3.8) is 0 Å². The first-order chi connectivity index (χ1) is 10.2. The molecule has 0 radical (unpaired) electrons. The largest absolute Gasteiger partial charge is 0.334 e. The van der Waals surface area contributed by atoms with Crippen LogP contribution < -0.4 is 11.3 Å². The van der Waals surface area contributed by atoms with Crippen LogP contribution in [0.15, 0.2) is 12.1 Å². The molecular formula is C15H21ClN4O. The Balaban J connectivity index is 1.86. The van der Waals surface area contributed by atoms with Crippen LogP contribution in [0.5, 0.6) is 0 Å². The number of carbonyl (C=O) groups is 1. The van der Waals surface area contributed by atoms with E-state index < -0.39 is 0 Å². The van der Waals surface area contributed by atoms with Gasteiger partial charge in [0.1, 0.15) is 11.5 Å². The third-order valence-electron chi connectivity index (χ3n) is 4.70. The predicted octanol–water partition coefficient (Wildman–Crippen LogP) is 2.82. The Labute approximate surface area is 129 Å². The lowest BCUT2D eigenvalue weighted by molar-refractivity contribution is 0.0385. The summed E-state index contributed by atoms with van der Waals surface area (Å²) in [5.41, 5.74) is 2.77. The standard InChI is InChI=1S/C15H21ClN4O/c16-11-7-8-13(19-17)18-14(11)15(21)20-9-3-5-10-4-1-2-6-12(10)20/h7-8,10,12H,1-6,9,17H2,(H,18,19)/t10-,12-/m1/s1. The minimum atomic E-state index is -0.0614. The van der Waals surface area contributed by atoms with Crippen molar-refractivity contribution in [2.24, 2.45) is 11.8 Å². The van der Waals surface area contributed by atoms with Gasteiger partial charge in [-0.15, -0.1) is 0 Å². The molecular weight excluding hydrogens is 288 g/mol. The van der Waals surface area contributed by atoms with Gasteiger partial charge in [-0.25, -0.2) is 10.8 Å². The van der Waals surface area contributed by atoms with E-state index in [1.807, 2.05) is 4.90 Å². The summed E-state index contributed by atoms with van der Waals surface area (Å²) in [6, 6.07) is 3.69. The number of nitrogens with two attached hydrogens (primary N) is 1. The number of nitrogens with one attached hydrogen (secondary N) is 1. The number of halogens is 1. The molecule has 2 heterocycles. The first-order valence-corrected chi connectivity index (χ1v) is 8.02. The maximum Gasteiger partial charge on any atom is 0.274 e. The number of hydrazine groups is 1. The second-order valence-corrected chi connectivity index (χ2v) is 6.33. The quantitative estimate of drug-likeness (QED) is 0.651. The molecule has 1 aromatic rings. The summed E-state index contributed by atoms with van der Waals surface area (Å²) >= 11 is 6.16. The highest BCUT2D eigenvalue weighted by molar-refractivity contribution is 6.33. The first kappa shape index (κ1) is 14.6. The summed E-state index contributed by atoms with van der Waals surface area (Å²) in [7, 11) is 0. The number of nitrogen functional groups attached to an aromatic ring is 1. The number of anilines is 1. The summed E-state index contributed by atoms with van der Waals surface area (Å²) in [5, 5.41) is 0.386. The number of amides is 1. The van der Waals surface area contributed by atoms with Crippen molar-refractivity contribution in [3.05, 3.63) is 22.8 Å². The minimum Gasteiger partial charge on any atom is -0.334 e. The molecule has 1 saturated heterocycles. The van der Waals surface area contributed by atoms with Gasteiger partial charge in [-0.3, -0.25) is 4.79 Å². The molecule has 114 valence electrons. The smallest absolute Gasteiger partial charge is 0.274 e. The Morgan fingerprint density at radius 1 is 1.29 bits per heavy atom. The fourth-order valence-corrected chi connectivity index (χ4v) is 3.87. The van der Waals surface area contributed by atoms with Crippen LogP contribution in [0.1, 0.15) is 49.0 Å². The second kappa shape index (κ2) is 6.20. The van der Waals surface area contributed by atoms with E-state index in [4.69, 9.17) is 17.4 Å². The highest BCUT2D eigenvalue weighted by Gasteiger charge is 2.36. The molecule has 2 fully saturated rings. The van der Waals surface area contributed by atoms with Gasteiger partial charge in [-0.2, -0.15) is 0 Å². The third kappa shape index (κ3) is 2.85. The van der Waals surface area contributed by atoms with E-state index in [1.165, 1.54) is 25.7 Å². The molecule has 6 heteroatoms. The summed E-state index contributed by atoms with van der Waals surface area (Å²) in [6.45, 7) is 0.804. The molecule has 1 saturated carbocycles. The van der Waals surface area contributed by atoms with Crippen molar-refractivity contribution in [2.45, 2.75) is 44.6 Å². The Kier molecular flexibility index (Phi) is 4.31. The molecule has 0 unspecified atom stereocenters. The summed E-state index contributed by atoms with van der Waals surface area (Å²) in [5.74, 6) is 6.41. The van der Waals surface area contributed by atoms with Crippen LogP contribution in [0.25, 0.3) is 0 Å². The van der Waals surface area contributed by atoms with Crippen LogP contribution in [0, 0.1) is 5.92 Å². The lowest BCUT2D eigenvalue weighted by atomic mass is 9.78. The lowest BCUT2D eigenvalue weighted by Crippen LogP contribution is -2.49. The lowest BCUT2D eigenvalue weighted by Gasteiger charge is -2.44. The molecule has 3 rings (SSSR count). The van der Waals surface area contributed by atoms with Crippen LogP contribution in [-0.2, 0) is 0 Å². The monoisotopic (exact) mass is 308 g/mol. The van der Waals surface area contributed by atoms with E-state index in [-0.39, 0.29) is 5.91 Å². The molecule has 21 heavy (non-hydrogen) atoms. The van der Waals surface area contributed by atoms with E-state index in [0.717, 1.165) is 19.4 Å². The zero-order valence-electron chi connectivity index (χ0n) is 12.0. The molecule has 5 nitrogen and oxygen atoms in total. The van der Waals surface area contributed by atoms with E-state index in [0.29, 0.717) is 28.5 Å². The Morgan fingerprint density at radius 2 is 2.05 bits per heavy atom. The molecule has 3 N–H and O–H groups in total. The average Bonchev–Trinajstić information content (AvgIpc) is 2.54. The van der Waals surface area contributed by atoms with E-state index in [1.54, 1.807) is 12.1 Å². The maximum absolute atomic E-state index is 12.9. The van der Waals surface area contributed by atoms with Gasteiger partial charge in [0.2, 0.25) is 0 Å². The van der Waals surface area contributed by atoms with Gasteiger partial charge >= 0.3 is 0 Å². The highest BCUT2D eigenvalue weighted by atomic mass is 35.5. The second-order valence-electron chi connectivity index (χ2n) is 5.92. The molecule has 1 aromatic heterocycles. The van der Waals surface area contributed by atoms with Crippen LogP contribution >= 0.6 is 11.6 Å². The number of carbonyl (C=O) groups excluding carboxylic acids is 1. The summed E-state index contributed by atoms with van der Waals surface area (Å²) in [4.78, 5) is 19.1. The number of aromatic nitrogens is 1. The molecule has 0 aromatic carbocycles. The minimum absolute atomic E-state index is 0.0614. The van der Waals surface area contributed by atoms with Gasteiger partial charge in [0, 0.05) is 12.6 Å². The SMILES string of the molecule is NNc1ccc(Cl)c(C(=O)N2CCC[C@H]3CCCC[C@H]32)n1. The molecule has 1 amide bonds. The normalized spacial score (nSPS) is 25.3. The number of piperidine rings is 1. The van der Waals surface area contributed by atoms with Gasteiger partial charge in [0.05, 0.1) is 5.02 Å². The Bertz CT molecular complexity index is 534. The fourth-order valence-electron chi connectivity index (χ4n) is 3.69. The van der Waals surface area contributed by atoms with Crippen molar-refractivity contribution < 1.29 is 4.79 Å². The van der Waals surface area contributed by atoms with Gasteiger partial charge in [0.15, 0.2) is 0 Å². The van der Waals surface area contributed by atoms with Crippen LogP contribution in [0.4, 0.5) is 5.82 Å².